The summed E-state index contributed by atoms with van der Waals surface area (Å²) in [6, 6.07) is 0. The Morgan fingerprint density at radius 3 is 2.67 bits per heavy atom. The van der Waals surface area contributed by atoms with E-state index in [1.807, 2.05) is 0 Å². The molecule has 0 aliphatic heterocycles. The van der Waals surface area contributed by atoms with Gasteiger partial charge in [-0.15, -0.1) is 6.58 Å². The zero-order valence-electron chi connectivity index (χ0n) is 7.04. The van der Waals surface area contributed by atoms with Gasteiger partial charge < -0.3 is 10.4 Å². The molecule has 0 spiro atoms. The van der Waals surface area contributed by atoms with E-state index in [-0.39, 0.29) is 0 Å². The summed E-state index contributed by atoms with van der Waals surface area (Å²) in [5.74, 6) is -1.03. The van der Waals surface area contributed by atoms with Crippen LogP contribution in [0.3, 0.4) is 0 Å². The van der Waals surface area contributed by atoms with E-state index in [9.17, 15) is 9.59 Å². The second kappa shape index (κ2) is 4.54. The molecule has 0 aliphatic rings. The van der Waals surface area contributed by atoms with Gasteiger partial charge in [0.05, 0.1) is 0 Å². The number of allylic oxidation sites excluding steroid dienone is 1. The largest absolute Gasteiger partial charge is 0.480 e. The van der Waals surface area contributed by atoms with Gasteiger partial charge in [0.2, 0.25) is 6.41 Å². The third-order valence-electron chi connectivity index (χ3n) is 1.70. The number of hydrogen-bond acceptors (Lipinski definition) is 2. The number of carbonyl (C=O) groups excluding carboxylic acids is 1. The van der Waals surface area contributed by atoms with Gasteiger partial charge in [-0.3, -0.25) is 4.79 Å². The Kier molecular flexibility index (Phi) is 4.04. The van der Waals surface area contributed by atoms with Crippen LogP contribution in [0, 0.1) is 0 Å². The van der Waals surface area contributed by atoms with Crippen LogP contribution in [-0.2, 0) is 9.59 Å². The minimum atomic E-state index is -1.17. The minimum absolute atomic E-state index is 0.352. The van der Waals surface area contributed by atoms with Gasteiger partial charge in [-0.2, -0.15) is 0 Å². The molecule has 0 radical (unpaired) electrons. The lowest BCUT2D eigenvalue weighted by Gasteiger charge is -2.22. The Bertz CT molecular complexity index is 191. The van der Waals surface area contributed by atoms with Crippen LogP contribution < -0.4 is 5.32 Å². The summed E-state index contributed by atoms with van der Waals surface area (Å²) in [5, 5.41) is 11.0. The van der Waals surface area contributed by atoms with Crippen LogP contribution in [0.15, 0.2) is 12.7 Å². The number of hydrogen-bond donors (Lipinski definition) is 2. The molecule has 1 amide bonds. The van der Waals surface area contributed by atoms with Crippen LogP contribution in [0.25, 0.3) is 0 Å². The molecule has 1 atom stereocenters. The van der Waals surface area contributed by atoms with Crippen molar-refractivity contribution in [2.45, 2.75) is 25.3 Å². The summed E-state index contributed by atoms with van der Waals surface area (Å²) in [7, 11) is 0. The number of carboxylic acid groups (broad SMARTS) is 1. The summed E-state index contributed by atoms with van der Waals surface area (Å²) >= 11 is 0. The fraction of sp³-hybridized carbons (Fsp3) is 0.500. The van der Waals surface area contributed by atoms with E-state index in [1.165, 1.54) is 6.92 Å². The zero-order chi connectivity index (χ0) is 9.61. The first-order valence-electron chi connectivity index (χ1n) is 3.62. The van der Waals surface area contributed by atoms with Crippen LogP contribution in [0.2, 0.25) is 0 Å². The first-order chi connectivity index (χ1) is 5.56. The van der Waals surface area contributed by atoms with Gasteiger partial charge in [0.25, 0.3) is 0 Å². The maximum atomic E-state index is 10.7. The smallest absolute Gasteiger partial charge is 0.329 e. The normalized spacial score (nSPS) is 14.4. The molecule has 68 valence electrons. The highest BCUT2D eigenvalue weighted by molar-refractivity contribution is 5.80. The number of carbonyl (C=O) groups is 2. The number of carboxylic acids is 1. The molecule has 2 N–H and O–H groups in total. The lowest BCUT2D eigenvalue weighted by atomic mass is 9.96. The first-order valence-corrected chi connectivity index (χ1v) is 3.62. The Balaban J connectivity index is 4.26. The van der Waals surface area contributed by atoms with E-state index in [1.54, 1.807) is 6.08 Å². The fourth-order valence-electron chi connectivity index (χ4n) is 0.762. The zero-order valence-corrected chi connectivity index (χ0v) is 7.04. The molecule has 0 aliphatic carbocycles. The van der Waals surface area contributed by atoms with Crippen molar-refractivity contribution in [1.29, 1.82) is 0 Å². The molecule has 0 aromatic heterocycles. The van der Waals surface area contributed by atoms with Crippen molar-refractivity contribution < 1.29 is 14.7 Å². The Labute approximate surface area is 71.3 Å². The van der Waals surface area contributed by atoms with E-state index in [0.29, 0.717) is 19.3 Å². The van der Waals surface area contributed by atoms with Gasteiger partial charge in [0, 0.05) is 0 Å². The molecule has 0 fully saturated rings. The minimum Gasteiger partial charge on any atom is -0.480 e. The lowest BCUT2D eigenvalue weighted by molar-refractivity contribution is -0.145. The number of aliphatic carboxylic acids is 1. The van der Waals surface area contributed by atoms with Crippen molar-refractivity contribution in [3.05, 3.63) is 12.7 Å². The molecule has 0 saturated heterocycles. The summed E-state index contributed by atoms with van der Waals surface area (Å²) in [4.78, 5) is 20.7. The van der Waals surface area contributed by atoms with Crippen molar-refractivity contribution >= 4 is 12.4 Å². The van der Waals surface area contributed by atoms with Crippen LogP contribution in [0.1, 0.15) is 19.8 Å². The standard InChI is InChI=1S/C8H13NO3/c1-3-4-5-8(2,7(11)12)9-6-10/h3,6H,1,4-5H2,2H3,(H,9,10)(H,11,12). The Morgan fingerprint density at radius 1 is 1.75 bits per heavy atom. The summed E-state index contributed by atoms with van der Waals surface area (Å²) in [5.41, 5.74) is -1.17. The topological polar surface area (TPSA) is 66.4 Å². The predicted molar refractivity (Wildman–Crippen MR) is 44.7 cm³/mol. The average Bonchev–Trinajstić information content (AvgIpc) is 2.01. The maximum absolute atomic E-state index is 10.7. The summed E-state index contributed by atoms with van der Waals surface area (Å²) < 4.78 is 0. The molecule has 0 bridgehead atoms. The van der Waals surface area contributed by atoms with Gasteiger partial charge >= 0.3 is 5.97 Å². The molecular weight excluding hydrogens is 158 g/mol. The second-order valence-corrected chi connectivity index (χ2v) is 2.73. The summed E-state index contributed by atoms with van der Waals surface area (Å²) in [6.07, 6.45) is 2.93. The highest BCUT2D eigenvalue weighted by Gasteiger charge is 2.31. The molecule has 0 aromatic carbocycles. The molecule has 0 saturated carbocycles. The van der Waals surface area contributed by atoms with Crippen molar-refractivity contribution in [3.8, 4) is 0 Å². The fourth-order valence-corrected chi connectivity index (χ4v) is 0.762. The van der Waals surface area contributed by atoms with Crippen LogP contribution in [0.4, 0.5) is 0 Å². The van der Waals surface area contributed by atoms with Crippen LogP contribution in [0.5, 0.6) is 0 Å². The third kappa shape index (κ3) is 2.74. The second-order valence-electron chi connectivity index (χ2n) is 2.73. The molecule has 4 heteroatoms. The third-order valence-corrected chi connectivity index (χ3v) is 1.70. The molecule has 0 heterocycles. The highest BCUT2D eigenvalue weighted by atomic mass is 16.4. The van der Waals surface area contributed by atoms with E-state index < -0.39 is 11.5 Å². The predicted octanol–water partition coefficient (Wildman–Crippen LogP) is 0.542. The monoisotopic (exact) mass is 171 g/mol. The first kappa shape index (κ1) is 10.7. The van der Waals surface area contributed by atoms with Gasteiger partial charge in [-0.05, 0) is 19.8 Å². The average molecular weight is 171 g/mol. The maximum Gasteiger partial charge on any atom is 0.329 e. The summed E-state index contributed by atoms with van der Waals surface area (Å²) in [6.45, 7) is 4.94. The van der Waals surface area contributed by atoms with Crippen LogP contribution >= 0.6 is 0 Å². The lowest BCUT2D eigenvalue weighted by Crippen LogP contribution is -2.48. The van der Waals surface area contributed by atoms with E-state index >= 15 is 0 Å². The molecule has 0 rings (SSSR count). The van der Waals surface area contributed by atoms with Crippen molar-refractivity contribution in [3.63, 3.8) is 0 Å². The Hall–Kier alpha value is -1.32. The van der Waals surface area contributed by atoms with E-state index in [4.69, 9.17) is 5.11 Å². The van der Waals surface area contributed by atoms with Crippen molar-refractivity contribution in [1.82, 2.24) is 5.32 Å². The van der Waals surface area contributed by atoms with Crippen molar-refractivity contribution in [2.75, 3.05) is 0 Å². The SMILES string of the molecule is C=CCCC(C)(NC=O)C(=O)O. The number of nitrogens with one attached hydrogen (secondary N) is 1. The molecule has 0 aromatic rings. The molecular formula is C8H13NO3. The quantitative estimate of drug-likeness (QED) is 0.453. The highest BCUT2D eigenvalue weighted by Crippen LogP contribution is 2.11. The Morgan fingerprint density at radius 2 is 2.33 bits per heavy atom. The number of amides is 1. The number of rotatable bonds is 6. The van der Waals surface area contributed by atoms with Crippen LogP contribution in [-0.4, -0.2) is 23.0 Å². The van der Waals surface area contributed by atoms with Crippen molar-refractivity contribution in [2.24, 2.45) is 0 Å². The van der Waals surface area contributed by atoms with E-state index in [2.05, 4.69) is 11.9 Å². The van der Waals surface area contributed by atoms with Gasteiger partial charge in [0.1, 0.15) is 5.54 Å². The van der Waals surface area contributed by atoms with E-state index in [0.717, 1.165) is 0 Å². The molecule has 1 unspecified atom stereocenters. The van der Waals surface area contributed by atoms with Gasteiger partial charge in [-0.1, -0.05) is 6.08 Å². The molecule has 4 nitrogen and oxygen atoms in total. The molecule has 12 heavy (non-hydrogen) atoms. The van der Waals surface area contributed by atoms with Gasteiger partial charge in [0.15, 0.2) is 0 Å². The van der Waals surface area contributed by atoms with Gasteiger partial charge in [-0.25, -0.2) is 4.79 Å².